The van der Waals surface area contributed by atoms with Gasteiger partial charge in [-0.25, -0.2) is 0 Å². The molecule has 4 rings (SSSR count). The first-order valence-corrected chi connectivity index (χ1v) is 19.5. The Morgan fingerprint density at radius 2 is 1.37 bits per heavy atom. The molecule has 0 unspecified atom stereocenters. The zero-order valence-corrected chi connectivity index (χ0v) is 31.9. The molecule has 51 heavy (non-hydrogen) atoms. The van der Waals surface area contributed by atoms with Crippen LogP contribution in [0.3, 0.4) is 0 Å². The summed E-state index contributed by atoms with van der Waals surface area (Å²) in [6.07, 6.45) is 0. The van der Waals surface area contributed by atoms with Gasteiger partial charge in [0.1, 0.15) is 42.9 Å². The van der Waals surface area contributed by atoms with Crippen molar-refractivity contribution in [2.24, 2.45) is 0 Å². The van der Waals surface area contributed by atoms with E-state index in [2.05, 4.69) is 46.9 Å². The van der Waals surface area contributed by atoms with E-state index in [1.807, 2.05) is 30.3 Å². The van der Waals surface area contributed by atoms with Crippen LogP contribution < -0.4 is 24.6 Å². The van der Waals surface area contributed by atoms with Crippen LogP contribution >= 0.6 is 0 Å². The fourth-order valence-corrected chi connectivity index (χ4v) is 12.6. The lowest BCUT2D eigenvalue weighted by Crippen LogP contribution is -2.54. The van der Waals surface area contributed by atoms with E-state index in [9.17, 15) is 19.2 Å². The Kier molecular flexibility index (Phi) is 13.6. The molecule has 0 radical (unpaired) electrons. The van der Waals surface area contributed by atoms with Crippen molar-refractivity contribution in [1.29, 1.82) is 0 Å². The maximum atomic E-state index is 14.4. The monoisotopic (exact) mass is 717 g/mol. The molecule has 274 valence electrons. The third-order valence-corrected chi connectivity index (χ3v) is 15.7. The number of ether oxygens (including phenoxy) is 3. The SMILES string of the molecule is COc1cccc(OC)c1C(=O)CN[C@H]1CN(C(=O)CO[Si](C(C)C)(C(C)C)C(C)C)c2ccccc2N(CC(=O)OCc2ccccc2)C1=O. The van der Waals surface area contributed by atoms with Crippen LogP contribution in [-0.2, 0) is 30.2 Å². The van der Waals surface area contributed by atoms with Gasteiger partial charge in [0.05, 0.1) is 38.7 Å². The quantitative estimate of drug-likeness (QED) is 0.105. The van der Waals surface area contributed by atoms with Crippen LogP contribution in [0.4, 0.5) is 11.4 Å². The van der Waals surface area contributed by atoms with Gasteiger partial charge in [0, 0.05) is 0 Å². The van der Waals surface area contributed by atoms with Crippen LogP contribution in [-0.4, -0.2) is 78.4 Å². The maximum Gasteiger partial charge on any atom is 0.326 e. The number of ketones is 1. The summed E-state index contributed by atoms with van der Waals surface area (Å²) in [6.45, 7) is 12.0. The second-order valence-electron chi connectivity index (χ2n) is 13.6. The van der Waals surface area contributed by atoms with Crippen LogP contribution in [0, 0.1) is 0 Å². The molecule has 1 N–H and O–H groups in total. The number of anilines is 2. The first-order chi connectivity index (χ1) is 24.3. The molecule has 0 fully saturated rings. The lowest BCUT2D eigenvalue weighted by Gasteiger charge is -2.42. The Morgan fingerprint density at radius 1 is 0.804 bits per heavy atom. The number of hydrogen-bond donors (Lipinski definition) is 1. The van der Waals surface area contributed by atoms with Gasteiger partial charge in [-0.1, -0.05) is 90.1 Å². The van der Waals surface area contributed by atoms with Gasteiger partial charge in [-0.3, -0.25) is 29.4 Å². The molecule has 3 aromatic carbocycles. The Balaban J connectivity index is 1.68. The number of carbonyl (C=O) groups is 4. The van der Waals surface area contributed by atoms with Crippen LogP contribution in [0.5, 0.6) is 11.5 Å². The molecule has 0 saturated carbocycles. The Bertz CT molecular complexity index is 1640. The number of Topliss-reactive ketones (excluding diaryl/α,β-unsaturated/α-hetero) is 1. The van der Waals surface area contributed by atoms with Gasteiger partial charge in [-0.2, -0.15) is 0 Å². The molecule has 1 atom stereocenters. The highest BCUT2D eigenvalue weighted by molar-refractivity contribution is 6.77. The van der Waals surface area contributed by atoms with E-state index in [4.69, 9.17) is 18.6 Å². The smallest absolute Gasteiger partial charge is 0.326 e. The fraction of sp³-hybridized carbons (Fsp3) is 0.436. The third kappa shape index (κ3) is 8.86. The topological polar surface area (TPSA) is 124 Å². The van der Waals surface area contributed by atoms with Crippen LogP contribution in [0.2, 0.25) is 16.6 Å². The Hall–Kier alpha value is -4.52. The fourth-order valence-electron chi connectivity index (χ4n) is 7.25. The van der Waals surface area contributed by atoms with Gasteiger partial charge in [-0.05, 0) is 46.5 Å². The maximum absolute atomic E-state index is 14.4. The predicted octanol–water partition coefficient (Wildman–Crippen LogP) is 6.16. The molecule has 0 aliphatic carbocycles. The Labute approximate surface area is 302 Å². The summed E-state index contributed by atoms with van der Waals surface area (Å²) in [5, 5.41) is 3.09. The van der Waals surface area contributed by atoms with Crippen LogP contribution in [0.25, 0.3) is 0 Å². The van der Waals surface area contributed by atoms with Gasteiger partial charge in [0.15, 0.2) is 5.78 Å². The molecule has 0 spiro atoms. The summed E-state index contributed by atoms with van der Waals surface area (Å²) < 4.78 is 23.1. The minimum atomic E-state index is -2.42. The van der Waals surface area contributed by atoms with Crippen molar-refractivity contribution in [3.05, 3.63) is 83.9 Å². The molecule has 1 aliphatic heterocycles. The number of rotatable bonds is 16. The molecule has 1 aliphatic rings. The second-order valence-corrected chi connectivity index (χ2v) is 19.0. The highest BCUT2D eigenvalue weighted by atomic mass is 28.4. The normalized spacial score (nSPS) is 14.8. The zero-order chi connectivity index (χ0) is 37.3. The average Bonchev–Trinajstić information content (AvgIpc) is 3.23. The summed E-state index contributed by atoms with van der Waals surface area (Å²) in [5.41, 5.74) is 2.62. The van der Waals surface area contributed by atoms with Crippen molar-refractivity contribution in [3.8, 4) is 11.5 Å². The first kappa shape index (κ1) is 39.3. The largest absolute Gasteiger partial charge is 0.496 e. The molecular weight excluding hydrogens is 667 g/mol. The molecule has 2 amide bonds. The zero-order valence-electron chi connectivity index (χ0n) is 30.9. The number of methoxy groups -OCH3 is 2. The highest BCUT2D eigenvalue weighted by Crippen LogP contribution is 2.42. The molecule has 0 bridgehead atoms. The third-order valence-electron chi connectivity index (χ3n) is 9.59. The predicted molar refractivity (Wildman–Crippen MR) is 200 cm³/mol. The number of esters is 1. The minimum Gasteiger partial charge on any atom is -0.496 e. The number of benzene rings is 3. The molecule has 12 heteroatoms. The lowest BCUT2D eigenvalue weighted by molar-refractivity contribution is -0.144. The second kappa shape index (κ2) is 17.6. The van der Waals surface area contributed by atoms with Crippen molar-refractivity contribution in [3.63, 3.8) is 0 Å². The minimum absolute atomic E-state index is 0.0371. The summed E-state index contributed by atoms with van der Waals surface area (Å²) in [7, 11) is 0.501. The lowest BCUT2D eigenvalue weighted by atomic mass is 10.1. The van der Waals surface area contributed by atoms with Crippen molar-refractivity contribution in [2.45, 2.75) is 70.8 Å². The number of amides is 2. The van der Waals surface area contributed by atoms with Crippen molar-refractivity contribution in [1.82, 2.24) is 5.32 Å². The Morgan fingerprint density at radius 3 is 1.94 bits per heavy atom. The molecule has 0 saturated heterocycles. The van der Waals surface area contributed by atoms with Crippen molar-refractivity contribution in [2.75, 3.05) is 50.3 Å². The average molecular weight is 718 g/mol. The van der Waals surface area contributed by atoms with Crippen molar-refractivity contribution >= 4 is 43.3 Å². The van der Waals surface area contributed by atoms with E-state index in [-0.39, 0.29) is 60.2 Å². The number of hydrogen-bond acceptors (Lipinski definition) is 9. The van der Waals surface area contributed by atoms with E-state index in [0.717, 1.165) is 5.56 Å². The standard InChI is InChI=1S/C39H51N3O8Si/c1-26(2)51(27(3)4,28(5)6)50-25-36(44)41-22-30(40-21-33(43)38-34(47-7)19-14-20-35(38)48-8)39(46)42(32-18-13-12-17-31(32)41)23-37(45)49-24-29-15-10-9-11-16-29/h9-20,26-28,30,40H,21-25H2,1-8H3/t30-/m0/s1. The summed E-state index contributed by atoms with van der Waals surface area (Å²) >= 11 is 0. The highest BCUT2D eigenvalue weighted by Gasteiger charge is 2.46. The molecular formula is C39H51N3O8Si. The van der Waals surface area contributed by atoms with E-state index in [0.29, 0.717) is 22.9 Å². The molecule has 0 aromatic heterocycles. The van der Waals surface area contributed by atoms with E-state index in [1.165, 1.54) is 24.0 Å². The van der Waals surface area contributed by atoms with E-state index >= 15 is 0 Å². The van der Waals surface area contributed by atoms with Gasteiger partial charge >= 0.3 is 5.97 Å². The van der Waals surface area contributed by atoms with E-state index in [1.54, 1.807) is 42.5 Å². The first-order valence-electron chi connectivity index (χ1n) is 17.4. The summed E-state index contributed by atoms with van der Waals surface area (Å²) in [6, 6.07) is 20.2. The molecule has 11 nitrogen and oxygen atoms in total. The van der Waals surface area contributed by atoms with Crippen molar-refractivity contribution < 1.29 is 37.8 Å². The van der Waals surface area contributed by atoms with Crippen LogP contribution in [0.1, 0.15) is 57.5 Å². The summed E-state index contributed by atoms with van der Waals surface area (Å²) in [4.78, 5) is 58.4. The molecule has 1 heterocycles. The van der Waals surface area contributed by atoms with Gasteiger partial charge in [0.25, 0.3) is 5.91 Å². The summed E-state index contributed by atoms with van der Waals surface area (Å²) in [5.74, 6) is -1.18. The molecule has 3 aromatic rings. The number of para-hydroxylation sites is 2. The van der Waals surface area contributed by atoms with Gasteiger partial charge in [-0.15, -0.1) is 0 Å². The number of fused-ring (bicyclic) bond motifs is 1. The van der Waals surface area contributed by atoms with Crippen LogP contribution in [0.15, 0.2) is 72.8 Å². The van der Waals surface area contributed by atoms with E-state index < -0.39 is 32.8 Å². The van der Waals surface area contributed by atoms with Gasteiger partial charge in [0.2, 0.25) is 14.2 Å². The number of nitrogens with one attached hydrogen (secondary N) is 1. The number of nitrogens with zero attached hydrogens (tertiary/aromatic N) is 2. The van der Waals surface area contributed by atoms with Gasteiger partial charge < -0.3 is 23.5 Å². The number of carbonyl (C=O) groups excluding carboxylic acids is 4.